The maximum atomic E-state index is 12.3. The molecule has 1 heterocycles. The highest BCUT2D eigenvalue weighted by Crippen LogP contribution is 2.28. The van der Waals surface area contributed by atoms with E-state index in [1.165, 1.54) is 24.5 Å². The number of para-hydroxylation sites is 2. The molecule has 7 nitrogen and oxygen atoms in total. The maximum Gasteiger partial charge on any atom is 0.346 e. The van der Waals surface area contributed by atoms with Gasteiger partial charge >= 0.3 is 12.0 Å². The molecule has 0 bridgehead atoms. The zero-order valence-corrected chi connectivity index (χ0v) is 14.3. The van der Waals surface area contributed by atoms with E-state index in [9.17, 15) is 14.7 Å². The number of benzene rings is 2. The summed E-state index contributed by atoms with van der Waals surface area (Å²) in [6.07, 6.45) is 2.86. The molecular formula is C19H17N3O4. The lowest BCUT2D eigenvalue weighted by Crippen LogP contribution is -2.21. The molecule has 0 fully saturated rings. The van der Waals surface area contributed by atoms with E-state index in [0.29, 0.717) is 11.5 Å². The molecule has 0 saturated carbocycles. The van der Waals surface area contributed by atoms with Crippen molar-refractivity contribution >= 4 is 17.7 Å². The topological polar surface area (TPSA) is 93.5 Å². The molecule has 0 aliphatic rings. The van der Waals surface area contributed by atoms with Crippen LogP contribution in [-0.2, 0) is 0 Å². The van der Waals surface area contributed by atoms with Gasteiger partial charge in [-0.2, -0.15) is 9.78 Å². The van der Waals surface area contributed by atoms with Crippen LogP contribution in [0.3, 0.4) is 0 Å². The van der Waals surface area contributed by atoms with Gasteiger partial charge in [-0.3, -0.25) is 0 Å². The third kappa shape index (κ3) is 3.56. The standard InChI is InChI=1S/C19H17N3O4/c1-12-6-5-7-13(2)17(12)26-14-10-20-22(11-14)19(25)21-16-9-4-3-8-15(16)18(23)24/h3-11H,1-2H3,(H,21,25)(H,23,24). The van der Waals surface area contributed by atoms with Crippen LogP contribution >= 0.6 is 0 Å². The number of carboxylic acid groups (broad SMARTS) is 1. The molecule has 0 radical (unpaired) electrons. The lowest BCUT2D eigenvalue weighted by atomic mass is 10.1. The Bertz CT molecular complexity index is 958. The van der Waals surface area contributed by atoms with Crippen LogP contribution in [0.5, 0.6) is 11.5 Å². The van der Waals surface area contributed by atoms with E-state index in [1.807, 2.05) is 32.0 Å². The molecule has 0 unspecified atom stereocenters. The van der Waals surface area contributed by atoms with E-state index in [1.54, 1.807) is 12.1 Å². The number of nitrogens with one attached hydrogen (secondary N) is 1. The molecule has 132 valence electrons. The second-order valence-electron chi connectivity index (χ2n) is 5.72. The van der Waals surface area contributed by atoms with Gasteiger partial charge in [-0.05, 0) is 37.1 Å². The first-order valence-electron chi connectivity index (χ1n) is 7.88. The lowest BCUT2D eigenvalue weighted by Gasteiger charge is -2.09. The SMILES string of the molecule is Cc1cccc(C)c1Oc1cnn(C(=O)Nc2ccccc2C(=O)O)c1. The number of aryl methyl sites for hydroxylation is 2. The average Bonchev–Trinajstić information content (AvgIpc) is 3.07. The van der Waals surface area contributed by atoms with Crippen molar-refractivity contribution < 1.29 is 19.4 Å². The molecule has 1 aromatic heterocycles. The van der Waals surface area contributed by atoms with Gasteiger partial charge in [0.1, 0.15) is 5.75 Å². The van der Waals surface area contributed by atoms with Crippen LogP contribution in [0.4, 0.5) is 10.5 Å². The van der Waals surface area contributed by atoms with Crippen molar-refractivity contribution in [3.05, 3.63) is 71.5 Å². The number of aromatic nitrogens is 2. The summed E-state index contributed by atoms with van der Waals surface area (Å²) in [4.78, 5) is 23.5. The normalized spacial score (nSPS) is 10.4. The minimum absolute atomic E-state index is 0.0000136. The fourth-order valence-electron chi connectivity index (χ4n) is 2.50. The van der Waals surface area contributed by atoms with Crippen LogP contribution in [0.15, 0.2) is 54.9 Å². The van der Waals surface area contributed by atoms with Gasteiger partial charge in [0.2, 0.25) is 0 Å². The van der Waals surface area contributed by atoms with E-state index < -0.39 is 12.0 Å². The molecule has 0 aliphatic heterocycles. The van der Waals surface area contributed by atoms with Gasteiger partial charge < -0.3 is 15.2 Å². The van der Waals surface area contributed by atoms with Gasteiger partial charge in [0.15, 0.2) is 5.75 Å². The minimum Gasteiger partial charge on any atom is -0.478 e. The van der Waals surface area contributed by atoms with E-state index in [4.69, 9.17) is 4.74 Å². The number of hydrogen-bond acceptors (Lipinski definition) is 4. The molecule has 7 heteroatoms. The van der Waals surface area contributed by atoms with Crippen LogP contribution in [-0.4, -0.2) is 26.9 Å². The van der Waals surface area contributed by atoms with Crippen molar-refractivity contribution in [2.45, 2.75) is 13.8 Å². The van der Waals surface area contributed by atoms with Crippen LogP contribution in [0.1, 0.15) is 21.5 Å². The van der Waals surface area contributed by atoms with Gasteiger partial charge in [0.25, 0.3) is 0 Å². The second kappa shape index (κ2) is 7.10. The molecule has 2 N–H and O–H groups in total. The number of carboxylic acids is 1. The molecule has 0 spiro atoms. The number of anilines is 1. The predicted octanol–water partition coefficient (Wildman–Crippen LogP) is 4.07. The molecule has 0 saturated heterocycles. The van der Waals surface area contributed by atoms with Crippen LogP contribution < -0.4 is 10.1 Å². The molecule has 3 aromatic rings. The van der Waals surface area contributed by atoms with E-state index in [0.717, 1.165) is 15.8 Å². The Kier molecular flexibility index (Phi) is 4.70. The Morgan fingerprint density at radius 1 is 1.08 bits per heavy atom. The summed E-state index contributed by atoms with van der Waals surface area (Å²) in [6.45, 7) is 3.87. The summed E-state index contributed by atoms with van der Waals surface area (Å²) in [6, 6.07) is 11.4. The first kappa shape index (κ1) is 17.2. The lowest BCUT2D eigenvalue weighted by molar-refractivity contribution is 0.0698. The average molecular weight is 351 g/mol. The number of carbonyl (C=O) groups is 2. The number of nitrogens with zero attached hydrogens (tertiary/aromatic N) is 2. The highest BCUT2D eigenvalue weighted by Gasteiger charge is 2.14. The summed E-state index contributed by atoms with van der Waals surface area (Å²) in [7, 11) is 0. The zero-order valence-electron chi connectivity index (χ0n) is 14.3. The number of amides is 1. The zero-order chi connectivity index (χ0) is 18.7. The quantitative estimate of drug-likeness (QED) is 0.739. The molecular weight excluding hydrogens is 334 g/mol. The summed E-state index contributed by atoms with van der Waals surface area (Å²) in [5.41, 5.74) is 2.13. The summed E-state index contributed by atoms with van der Waals surface area (Å²) < 4.78 is 6.88. The number of aromatic carboxylic acids is 1. The fourth-order valence-corrected chi connectivity index (χ4v) is 2.50. The van der Waals surface area contributed by atoms with E-state index >= 15 is 0 Å². The van der Waals surface area contributed by atoms with Crippen LogP contribution in [0, 0.1) is 13.8 Å². The van der Waals surface area contributed by atoms with Crippen LogP contribution in [0.25, 0.3) is 0 Å². The number of ether oxygens (including phenoxy) is 1. The van der Waals surface area contributed by atoms with E-state index in [-0.39, 0.29) is 11.3 Å². The van der Waals surface area contributed by atoms with Gasteiger partial charge in [0, 0.05) is 0 Å². The second-order valence-corrected chi connectivity index (χ2v) is 5.72. The van der Waals surface area contributed by atoms with Crippen molar-refractivity contribution in [2.75, 3.05) is 5.32 Å². The smallest absolute Gasteiger partial charge is 0.346 e. The highest BCUT2D eigenvalue weighted by atomic mass is 16.5. The molecule has 3 rings (SSSR count). The predicted molar refractivity (Wildman–Crippen MR) is 96.0 cm³/mol. The van der Waals surface area contributed by atoms with Crippen molar-refractivity contribution in [1.29, 1.82) is 0 Å². The Morgan fingerprint density at radius 2 is 1.77 bits per heavy atom. The van der Waals surface area contributed by atoms with Gasteiger partial charge in [-0.25, -0.2) is 9.59 Å². The minimum atomic E-state index is -1.12. The molecule has 2 aromatic carbocycles. The Morgan fingerprint density at radius 3 is 2.46 bits per heavy atom. The maximum absolute atomic E-state index is 12.3. The third-order valence-corrected chi connectivity index (χ3v) is 3.79. The summed E-state index contributed by atoms with van der Waals surface area (Å²) in [5.74, 6) is -0.00633. The number of carbonyl (C=O) groups excluding carboxylic acids is 1. The Hall–Kier alpha value is -3.61. The molecule has 0 atom stereocenters. The van der Waals surface area contributed by atoms with Crippen molar-refractivity contribution in [1.82, 2.24) is 9.78 Å². The Labute approximate surface area is 149 Å². The number of rotatable bonds is 4. The van der Waals surface area contributed by atoms with Gasteiger partial charge in [-0.15, -0.1) is 0 Å². The first-order chi connectivity index (χ1) is 12.5. The Balaban J connectivity index is 1.78. The summed E-state index contributed by atoms with van der Waals surface area (Å²) >= 11 is 0. The van der Waals surface area contributed by atoms with Crippen LogP contribution in [0.2, 0.25) is 0 Å². The fraction of sp³-hybridized carbons (Fsp3) is 0.105. The van der Waals surface area contributed by atoms with Crippen molar-refractivity contribution in [2.24, 2.45) is 0 Å². The molecule has 1 amide bonds. The summed E-state index contributed by atoms with van der Waals surface area (Å²) in [5, 5.41) is 15.7. The van der Waals surface area contributed by atoms with Gasteiger partial charge in [0.05, 0.1) is 23.6 Å². The third-order valence-electron chi connectivity index (χ3n) is 3.79. The molecule has 0 aliphatic carbocycles. The highest BCUT2D eigenvalue weighted by molar-refractivity contribution is 6.00. The van der Waals surface area contributed by atoms with Gasteiger partial charge in [-0.1, -0.05) is 30.3 Å². The number of hydrogen-bond donors (Lipinski definition) is 2. The first-order valence-corrected chi connectivity index (χ1v) is 7.88. The van der Waals surface area contributed by atoms with Crippen molar-refractivity contribution in [3.63, 3.8) is 0 Å². The molecule has 26 heavy (non-hydrogen) atoms. The largest absolute Gasteiger partial charge is 0.478 e. The van der Waals surface area contributed by atoms with Crippen molar-refractivity contribution in [3.8, 4) is 11.5 Å². The van der Waals surface area contributed by atoms with E-state index in [2.05, 4.69) is 10.4 Å². The monoisotopic (exact) mass is 351 g/mol.